The highest BCUT2D eigenvalue weighted by atomic mass is 79.9. The number of hydrogen-bond donors (Lipinski definition) is 0. The van der Waals surface area contributed by atoms with E-state index in [0.717, 1.165) is 17.6 Å². The molecule has 1 aliphatic heterocycles. The standard InChI is InChI=1S/C19H22N.BrH/c1-2-13-20(14-6-3-7-15-20)16-18-11-8-10-17-9-4-5-12-19(17)18;/h1,4-5,8-12H,3,6-7,13-16H2;1H/q+1;/p-1. The van der Waals surface area contributed by atoms with Crippen LogP contribution in [0.3, 0.4) is 0 Å². The minimum absolute atomic E-state index is 0. The lowest BCUT2D eigenvalue weighted by Crippen LogP contribution is -3.00. The normalized spacial score (nSPS) is 16.9. The number of terminal acetylenes is 1. The Labute approximate surface area is 138 Å². The molecule has 0 spiro atoms. The van der Waals surface area contributed by atoms with E-state index in [1.807, 2.05) is 0 Å². The van der Waals surface area contributed by atoms with E-state index in [4.69, 9.17) is 6.42 Å². The molecule has 110 valence electrons. The Kier molecular flexibility index (Phi) is 5.45. The molecule has 1 aliphatic rings. The summed E-state index contributed by atoms with van der Waals surface area (Å²) in [5, 5.41) is 2.72. The third kappa shape index (κ3) is 3.48. The molecule has 0 aromatic heterocycles. The van der Waals surface area contributed by atoms with Crippen LogP contribution < -0.4 is 17.0 Å². The second-order valence-electron chi connectivity index (χ2n) is 6.01. The Morgan fingerprint density at radius 3 is 2.43 bits per heavy atom. The Hall–Kier alpha value is -1.30. The van der Waals surface area contributed by atoms with Crippen LogP contribution in [0.4, 0.5) is 0 Å². The van der Waals surface area contributed by atoms with Crippen LogP contribution in [0.5, 0.6) is 0 Å². The van der Waals surface area contributed by atoms with E-state index >= 15 is 0 Å². The molecule has 0 saturated carbocycles. The first-order valence-corrected chi connectivity index (χ1v) is 7.58. The summed E-state index contributed by atoms with van der Waals surface area (Å²) in [7, 11) is 0. The third-order valence-corrected chi connectivity index (χ3v) is 4.58. The van der Waals surface area contributed by atoms with Crippen molar-refractivity contribution in [1.82, 2.24) is 0 Å². The van der Waals surface area contributed by atoms with Crippen LogP contribution in [0, 0.1) is 12.3 Å². The number of benzene rings is 2. The Morgan fingerprint density at radius 2 is 1.67 bits per heavy atom. The first-order chi connectivity index (χ1) is 9.83. The maximum Gasteiger partial charge on any atom is 0.140 e. The van der Waals surface area contributed by atoms with Crippen LogP contribution in [0.15, 0.2) is 42.5 Å². The van der Waals surface area contributed by atoms with Gasteiger partial charge in [-0.25, -0.2) is 0 Å². The quantitative estimate of drug-likeness (QED) is 0.575. The molecule has 0 bridgehead atoms. The predicted molar refractivity (Wildman–Crippen MR) is 85.2 cm³/mol. The van der Waals surface area contributed by atoms with Crippen LogP contribution in [0.1, 0.15) is 24.8 Å². The number of halogens is 1. The molecule has 2 heteroatoms. The van der Waals surface area contributed by atoms with Crippen LogP contribution in [0.2, 0.25) is 0 Å². The molecule has 0 atom stereocenters. The number of piperidine rings is 1. The average Bonchev–Trinajstić information content (AvgIpc) is 2.49. The fourth-order valence-electron chi connectivity index (χ4n) is 3.54. The van der Waals surface area contributed by atoms with Crippen LogP contribution in [0.25, 0.3) is 10.8 Å². The molecule has 0 unspecified atom stereocenters. The van der Waals surface area contributed by atoms with E-state index in [0.29, 0.717) is 0 Å². The Bertz CT molecular complexity index is 630. The molecular formula is C19H22BrN. The maximum absolute atomic E-state index is 5.65. The topological polar surface area (TPSA) is 0 Å². The van der Waals surface area contributed by atoms with E-state index in [2.05, 4.69) is 48.4 Å². The van der Waals surface area contributed by atoms with Gasteiger partial charge in [0, 0.05) is 5.56 Å². The molecule has 0 amide bonds. The third-order valence-electron chi connectivity index (χ3n) is 4.58. The van der Waals surface area contributed by atoms with Crippen LogP contribution in [-0.2, 0) is 6.54 Å². The smallest absolute Gasteiger partial charge is 0.140 e. The van der Waals surface area contributed by atoms with Gasteiger partial charge in [0.1, 0.15) is 13.1 Å². The number of quaternary nitrogens is 1. The van der Waals surface area contributed by atoms with E-state index in [1.54, 1.807) is 0 Å². The lowest BCUT2D eigenvalue weighted by molar-refractivity contribution is -0.938. The van der Waals surface area contributed by atoms with Gasteiger partial charge in [-0.3, -0.25) is 0 Å². The molecule has 1 saturated heterocycles. The predicted octanol–water partition coefficient (Wildman–Crippen LogP) is 0.978. The molecule has 2 aromatic rings. The molecule has 21 heavy (non-hydrogen) atoms. The fourth-order valence-corrected chi connectivity index (χ4v) is 3.54. The molecule has 0 radical (unpaired) electrons. The molecule has 1 fully saturated rings. The van der Waals surface area contributed by atoms with E-state index in [-0.39, 0.29) is 17.0 Å². The van der Waals surface area contributed by atoms with Crippen molar-refractivity contribution < 1.29 is 21.5 Å². The maximum atomic E-state index is 5.65. The van der Waals surface area contributed by atoms with Crippen molar-refractivity contribution in [1.29, 1.82) is 0 Å². The van der Waals surface area contributed by atoms with Gasteiger partial charge in [-0.1, -0.05) is 42.5 Å². The minimum Gasteiger partial charge on any atom is -1.00 e. The minimum atomic E-state index is 0. The van der Waals surface area contributed by atoms with Gasteiger partial charge in [-0.2, -0.15) is 0 Å². The van der Waals surface area contributed by atoms with Crippen LogP contribution >= 0.6 is 0 Å². The van der Waals surface area contributed by atoms with Gasteiger partial charge in [-0.15, -0.1) is 6.42 Å². The highest BCUT2D eigenvalue weighted by molar-refractivity contribution is 5.85. The van der Waals surface area contributed by atoms with E-state index in [9.17, 15) is 0 Å². The molecule has 0 N–H and O–H groups in total. The summed E-state index contributed by atoms with van der Waals surface area (Å²) in [6, 6.07) is 15.3. The first-order valence-electron chi connectivity index (χ1n) is 7.58. The molecule has 1 nitrogen and oxygen atoms in total. The molecule has 0 aliphatic carbocycles. The summed E-state index contributed by atoms with van der Waals surface area (Å²) >= 11 is 0. The van der Waals surface area contributed by atoms with Crippen molar-refractivity contribution in [2.75, 3.05) is 19.6 Å². The van der Waals surface area contributed by atoms with Crippen molar-refractivity contribution in [3.05, 3.63) is 48.0 Å². The van der Waals surface area contributed by atoms with E-state index in [1.165, 1.54) is 48.7 Å². The number of rotatable bonds is 3. The van der Waals surface area contributed by atoms with Crippen molar-refractivity contribution in [2.45, 2.75) is 25.8 Å². The zero-order valence-corrected chi connectivity index (χ0v) is 14.0. The Balaban J connectivity index is 0.00000161. The highest BCUT2D eigenvalue weighted by Gasteiger charge is 2.29. The second kappa shape index (κ2) is 7.11. The zero-order valence-electron chi connectivity index (χ0n) is 12.4. The number of hydrogen-bond acceptors (Lipinski definition) is 0. The summed E-state index contributed by atoms with van der Waals surface area (Å²) in [4.78, 5) is 0. The monoisotopic (exact) mass is 343 g/mol. The number of nitrogens with zero attached hydrogens (tertiary/aromatic N) is 1. The van der Waals surface area contributed by atoms with Crippen LogP contribution in [-0.4, -0.2) is 24.1 Å². The SMILES string of the molecule is C#CC[N+]1(Cc2cccc3ccccc23)CCCCC1.[Br-]. The van der Waals surface area contributed by atoms with Crippen molar-refractivity contribution in [3.63, 3.8) is 0 Å². The summed E-state index contributed by atoms with van der Waals surface area (Å²) in [6.45, 7) is 4.40. The van der Waals surface area contributed by atoms with Crippen molar-refractivity contribution in [2.24, 2.45) is 0 Å². The largest absolute Gasteiger partial charge is 1.00 e. The highest BCUT2D eigenvalue weighted by Crippen LogP contribution is 2.26. The van der Waals surface area contributed by atoms with Gasteiger partial charge >= 0.3 is 0 Å². The van der Waals surface area contributed by atoms with Gasteiger partial charge in [0.05, 0.1) is 13.1 Å². The van der Waals surface area contributed by atoms with Gasteiger partial charge in [0.15, 0.2) is 0 Å². The van der Waals surface area contributed by atoms with Gasteiger partial charge in [0.2, 0.25) is 0 Å². The number of fused-ring (bicyclic) bond motifs is 1. The van der Waals surface area contributed by atoms with Crippen molar-refractivity contribution >= 4 is 10.8 Å². The zero-order chi connectivity index (χ0) is 13.8. The molecule has 3 rings (SSSR count). The summed E-state index contributed by atoms with van der Waals surface area (Å²) < 4.78 is 1.07. The van der Waals surface area contributed by atoms with E-state index < -0.39 is 0 Å². The first kappa shape index (κ1) is 16.1. The summed E-state index contributed by atoms with van der Waals surface area (Å²) in [5.41, 5.74) is 1.44. The summed E-state index contributed by atoms with van der Waals surface area (Å²) in [6.07, 6.45) is 9.63. The number of likely N-dealkylation sites (tertiary alicyclic amines) is 1. The van der Waals surface area contributed by atoms with Gasteiger partial charge in [-0.05, 0) is 36.0 Å². The second-order valence-corrected chi connectivity index (χ2v) is 6.01. The fraction of sp³-hybridized carbons (Fsp3) is 0.368. The Morgan fingerprint density at radius 1 is 0.952 bits per heavy atom. The van der Waals surface area contributed by atoms with Crippen molar-refractivity contribution in [3.8, 4) is 12.3 Å². The lowest BCUT2D eigenvalue weighted by Gasteiger charge is -2.40. The molecule has 2 aromatic carbocycles. The lowest BCUT2D eigenvalue weighted by atomic mass is 10.0. The average molecular weight is 344 g/mol. The van der Waals surface area contributed by atoms with Gasteiger partial charge in [0.25, 0.3) is 0 Å². The molecule has 1 heterocycles. The van der Waals surface area contributed by atoms with Gasteiger partial charge < -0.3 is 21.5 Å². The molecular weight excluding hydrogens is 322 g/mol. The summed E-state index contributed by atoms with van der Waals surface area (Å²) in [5.74, 6) is 2.92.